The molecule has 5 nitrogen and oxygen atoms in total. The number of carbonyl (C=O) groups excluding carboxylic acids is 2. The first-order chi connectivity index (χ1) is 13.1. The Morgan fingerprint density at radius 2 is 1.56 bits per heavy atom. The summed E-state index contributed by atoms with van der Waals surface area (Å²) < 4.78 is 0. The van der Waals surface area contributed by atoms with Crippen LogP contribution in [0.2, 0.25) is 5.02 Å². The van der Waals surface area contributed by atoms with Crippen LogP contribution in [0.4, 0.5) is 5.69 Å². The number of halogens is 1. The molecule has 4 rings (SSSR count). The first-order valence-corrected chi connectivity index (χ1v) is 9.63. The fourth-order valence-electron chi connectivity index (χ4n) is 3.87. The SMILES string of the molecule is O=C1C[C@H](N2CCN(c3ccccc3Cl)CC2)C(=O)N1Cc1ccccc1. The van der Waals surface area contributed by atoms with Gasteiger partial charge >= 0.3 is 0 Å². The maximum absolute atomic E-state index is 12.9. The molecule has 2 aliphatic rings. The predicted molar refractivity (Wildman–Crippen MR) is 106 cm³/mol. The summed E-state index contributed by atoms with van der Waals surface area (Å²) in [6.07, 6.45) is 0.276. The molecule has 0 radical (unpaired) electrons. The molecule has 140 valence electrons. The Hall–Kier alpha value is -2.37. The Morgan fingerprint density at radius 1 is 0.889 bits per heavy atom. The van der Waals surface area contributed by atoms with Gasteiger partial charge in [0, 0.05) is 26.2 Å². The molecule has 0 unspecified atom stereocenters. The lowest BCUT2D eigenvalue weighted by atomic mass is 10.1. The van der Waals surface area contributed by atoms with Gasteiger partial charge in [0.05, 0.1) is 29.7 Å². The van der Waals surface area contributed by atoms with Crippen molar-refractivity contribution in [2.75, 3.05) is 31.1 Å². The van der Waals surface area contributed by atoms with Crippen LogP contribution in [0.5, 0.6) is 0 Å². The van der Waals surface area contributed by atoms with E-state index in [-0.39, 0.29) is 24.3 Å². The quantitative estimate of drug-likeness (QED) is 0.761. The average molecular weight is 384 g/mol. The van der Waals surface area contributed by atoms with Crippen molar-refractivity contribution < 1.29 is 9.59 Å². The molecule has 2 aromatic carbocycles. The molecule has 2 saturated heterocycles. The Labute approximate surface area is 164 Å². The topological polar surface area (TPSA) is 43.9 Å². The fraction of sp³-hybridized carbons (Fsp3) is 0.333. The molecule has 0 spiro atoms. The Bertz CT molecular complexity index is 834. The molecule has 2 amide bonds. The van der Waals surface area contributed by atoms with Crippen LogP contribution < -0.4 is 4.90 Å². The van der Waals surface area contributed by atoms with Crippen molar-refractivity contribution in [3.05, 3.63) is 65.2 Å². The monoisotopic (exact) mass is 383 g/mol. The third-order valence-electron chi connectivity index (χ3n) is 5.35. The summed E-state index contributed by atoms with van der Waals surface area (Å²) in [4.78, 5) is 31.1. The summed E-state index contributed by atoms with van der Waals surface area (Å²) in [5.74, 6) is -0.155. The van der Waals surface area contributed by atoms with E-state index in [0.717, 1.165) is 42.5 Å². The van der Waals surface area contributed by atoms with E-state index >= 15 is 0 Å². The number of amides is 2. The molecule has 2 heterocycles. The molecule has 1 atom stereocenters. The van der Waals surface area contributed by atoms with E-state index < -0.39 is 0 Å². The van der Waals surface area contributed by atoms with Gasteiger partial charge in [-0.3, -0.25) is 19.4 Å². The molecule has 2 aliphatic heterocycles. The van der Waals surface area contributed by atoms with Gasteiger partial charge in [0.15, 0.2) is 0 Å². The summed E-state index contributed by atoms with van der Waals surface area (Å²) in [7, 11) is 0. The van der Waals surface area contributed by atoms with Crippen molar-refractivity contribution in [2.45, 2.75) is 19.0 Å². The molecule has 0 aromatic heterocycles. The van der Waals surface area contributed by atoms with Crippen LogP contribution in [0.3, 0.4) is 0 Å². The fourth-order valence-corrected chi connectivity index (χ4v) is 4.12. The number of rotatable bonds is 4. The van der Waals surface area contributed by atoms with Gasteiger partial charge < -0.3 is 4.90 Å². The molecule has 6 heteroatoms. The van der Waals surface area contributed by atoms with Crippen molar-refractivity contribution >= 4 is 29.1 Å². The standard InChI is InChI=1S/C21H22ClN3O2/c22-17-8-4-5-9-18(17)23-10-12-24(13-11-23)19-14-20(26)25(21(19)27)15-16-6-2-1-3-7-16/h1-9,19H,10-15H2/t19-/m0/s1. The van der Waals surface area contributed by atoms with Gasteiger partial charge in [-0.2, -0.15) is 0 Å². The van der Waals surface area contributed by atoms with Gasteiger partial charge in [-0.05, 0) is 17.7 Å². The zero-order chi connectivity index (χ0) is 18.8. The van der Waals surface area contributed by atoms with E-state index in [1.807, 2.05) is 54.6 Å². The number of hydrogen-bond acceptors (Lipinski definition) is 4. The van der Waals surface area contributed by atoms with E-state index in [0.29, 0.717) is 6.54 Å². The molecule has 0 bridgehead atoms. The molecule has 0 aliphatic carbocycles. The van der Waals surface area contributed by atoms with Crippen molar-refractivity contribution in [1.82, 2.24) is 9.80 Å². The van der Waals surface area contributed by atoms with Crippen LogP contribution in [-0.2, 0) is 16.1 Å². The molecule has 27 heavy (non-hydrogen) atoms. The lowest BCUT2D eigenvalue weighted by Gasteiger charge is -2.38. The van der Waals surface area contributed by atoms with Crippen molar-refractivity contribution in [3.63, 3.8) is 0 Å². The molecular weight excluding hydrogens is 362 g/mol. The van der Waals surface area contributed by atoms with Gasteiger partial charge in [0.1, 0.15) is 0 Å². The van der Waals surface area contributed by atoms with Crippen LogP contribution in [0.1, 0.15) is 12.0 Å². The summed E-state index contributed by atoms with van der Waals surface area (Å²) in [6.45, 7) is 3.43. The van der Waals surface area contributed by atoms with Crippen LogP contribution >= 0.6 is 11.6 Å². The number of nitrogens with zero attached hydrogens (tertiary/aromatic N) is 3. The maximum atomic E-state index is 12.9. The van der Waals surface area contributed by atoms with Gasteiger partial charge in [-0.1, -0.05) is 54.1 Å². The lowest BCUT2D eigenvalue weighted by molar-refractivity contribution is -0.140. The van der Waals surface area contributed by atoms with Crippen molar-refractivity contribution in [1.29, 1.82) is 0 Å². The Balaban J connectivity index is 1.39. The molecule has 2 aromatic rings. The Kier molecular flexibility index (Phi) is 5.14. The highest BCUT2D eigenvalue weighted by Crippen LogP contribution is 2.28. The first-order valence-electron chi connectivity index (χ1n) is 9.25. The predicted octanol–water partition coefficient (Wildman–Crippen LogP) is 2.79. The minimum atomic E-state index is -0.338. The zero-order valence-corrected chi connectivity index (χ0v) is 15.8. The smallest absolute Gasteiger partial charge is 0.247 e. The minimum absolute atomic E-state index is 0.0740. The second-order valence-electron chi connectivity index (χ2n) is 7.00. The van der Waals surface area contributed by atoms with E-state index in [1.165, 1.54) is 4.90 Å². The molecule has 0 N–H and O–H groups in total. The van der Waals surface area contributed by atoms with Gasteiger partial charge in [0.2, 0.25) is 11.8 Å². The second-order valence-corrected chi connectivity index (χ2v) is 7.41. The number of carbonyl (C=O) groups is 2. The minimum Gasteiger partial charge on any atom is -0.368 e. The number of imide groups is 1. The summed E-state index contributed by atoms with van der Waals surface area (Å²) in [5, 5.41) is 0.743. The Morgan fingerprint density at radius 3 is 2.26 bits per heavy atom. The van der Waals surface area contributed by atoms with Gasteiger partial charge in [0.25, 0.3) is 0 Å². The molecular formula is C21H22ClN3O2. The van der Waals surface area contributed by atoms with Crippen LogP contribution in [0.15, 0.2) is 54.6 Å². The normalized spacial score (nSPS) is 21.1. The van der Waals surface area contributed by atoms with Gasteiger partial charge in [-0.15, -0.1) is 0 Å². The van der Waals surface area contributed by atoms with E-state index in [1.54, 1.807) is 0 Å². The van der Waals surface area contributed by atoms with Crippen LogP contribution in [0, 0.1) is 0 Å². The number of piperazine rings is 1. The van der Waals surface area contributed by atoms with Gasteiger partial charge in [-0.25, -0.2) is 0 Å². The molecule has 2 fully saturated rings. The van der Waals surface area contributed by atoms with E-state index in [2.05, 4.69) is 9.80 Å². The largest absolute Gasteiger partial charge is 0.368 e. The van der Waals surface area contributed by atoms with Crippen molar-refractivity contribution in [2.24, 2.45) is 0 Å². The summed E-state index contributed by atoms with van der Waals surface area (Å²) in [6, 6.07) is 17.1. The third-order valence-corrected chi connectivity index (χ3v) is 5.67. The summed E-state index contributed by atoms with van der Waals surface area (Å²) in [5.41, 5.74) is 2.00. The zero-order valence-electron chi connectivity index (χ0n) is 15.1. The molecule has 0 saturated carbocycles. The highest BCUT2D eigenvalue weighted by atomic mass is 35.5. The number of anilines is 1. The van der Waals surface area contributed by atoms with Crippen LogP contribution in [0.25, 0.3) is 0 Å². The van der Waals surface area contributed by atoms with E-state index in [4.69, 9.17) is 11.6 Å². The van der Waals surface area contributed by atoms with Crippen LogP contribution in [-0.4, -0.2) is 53.8 Å². The number of benzene rings is 2. The van der Waals surface area contributed by atoms with E-state index in [9.17, 15) is 9.59 Å². The number of para-hydroxylation sites is 1. The highest BCUT2D eigenvalue weighted by molar-refractivity contribution is 6.33. The number of likely N-dealkylation sites (tertiary alicyclic amines) is 1. The maximum Gasteiger partial charge on any atom is 0.247 e. The highest BCUT2D eigenvalue weighted by Gasteiger charge is 2.42. The first kappa shape index (κ1) is 18.0. The second kappa shape index (κ2) is 7.71. The lowest BCUT2D eigenvalue weighted by Crippen LogP contribution is -2.52. The van der Waals surface area contributed by atoms with Crippen molar-refractivity contribution in [3.8, 4) is 0 Å². The summed E-state index contributed by atoms with van der Waals surface area (Å²) >= 11 is 6.30. The average Bonchev–Trinajstić information content (AvgIpc) is 2.98. The number of hydrogen-bond donors (Lipinski definition) is 0. The third kappa shape index (κ3) is 3.70.